The minimum Gasteiger partial charge on any atom is -0.345 e. The van der Waals surface area contributed by atoms with E-state index < -0.39 is 0 Å². The molecule has 0 fully saturated rings. The Balaban J connectivity index is 1.84. The van der Waals surface area contributed by atoms with E-state index in [1.165, 1.54) is 6.33 Å². The van der Waals surface area contributed by atoms with Crippen LogP contribution < -0.4 is 5.32 Å². The molecular formula is C22H24N4O. The van der Waals surface area contributed by atoms with Gasteiger partial charge in [-0.25, -0.2) is 9.97 Å². The van der Waals surface area contributed by atoms with Crippen LogP contribution in [0.1, 0.15) is 49.2 Å². The first-order valence-corrected chi connectivity index (χ1v) is 8.99. The van der Waals surface area contributed by atoms with Crippen molar-refractivity contribution in [3.8, 4) is 11.1 Å². The molecule has 1 amide bonds. The highest BCUT2D eigenvalue weighted by atomic mass is 16.1. The third kappa shape index (κ3) is 5.20. The largest absolute Gasteiger partial charge is 0.345 e. The quantitative estimate of drug-likeness (QED) is 0.730. The Morgan fingerprint density at radius 1 is 1.00 bits per heavy atom. The van der Waals surface area contributed by atoms with Crippen LogP contribution >= 0.6 is 0 Å². The number of benzene rings is 1. The van der Waals surface area contributed by atoms with Crippen molar-refractivity contribution in [1.29, 1.82) is 0 Å². The number of pyridine rings is 1. The van der Waals surface area contributed by atoms with Crippen molar-refractivity contribution in [2.45, 2.75) is 33.2 Å². The fourth-order valence-corrected chi connectivity index (χ4v) is 2.98. The molecule has 0 aliphatic heterocycles. The number of carbonyl (C=O) groups is 1. The third-order valence-electron chi connectivity index (χ3n) is 4.23. The monoisotopic (exact) mass is 360 g/mol. The van der Waals surface area contributed by atoms with Gasteiger partial charge in [-0.15, -0.1) is 0 Å². The standard InChI is InChI=1S/C22H24N4O/c1-22(2,3)11-20(18-8-5-9-23-12-18)26-21(27)17-7-4-6-16(10-17)19-13-24-15-25-14-19/h4-10,12-15,20H,11H2,1-3H3,(H,26,27)/t20-/m1/s1. The first-order chi connectivity index (χ1) is 12.9. The van der Waals surface area contributed by atoms with Crippen molar-refractivity contribution in [2.75, 3.05) is 0 Å². The van der Waals surface area contributed by atoms with Crippen molar-refractivity contribution in [2.24, 2.45) is 5.41 Å². The number of carbonyl (C=O) groups excluding carboxylic acids is 1. The number of hydrogen-bond donors (Lipinski definition) is 1. The van der Waals surface area contributed by atoms with Gasteiger partial charge in [0.15, 0.2) is 0 Å². The minimum atomic E-state index is -0.105. The number of nitrogens with zero attached hydrogens (tertiary/aromatic N) is 3. The van der Waals surface area contributed by atoms with Crippen LogP contribution in [0.25, 0.3) is 11.1 Å². The van der Waals surface area contributed by atoms with Crippen LogP contribution in [-0.2, 0) is 0 Å². The molecule has 1 N–H and O–H groups in total. The van der Waals surface area contributed by atoms with E-state index in [1.807, 2.05) is 42.6 Å². The van der Waals surface area contributed by atoms with Crippen LogP contribution in [0.2, 0.25) is 0 Å². The second kappa shape index (κ2) is 8.08. The van der Waals surface area contributed by atoms with Gasteiger partial charge in [0.25, 0.3) is 5.91 Å². The van der Waals surface area contributed by atoms with Crippen LogP contribution in [0.5, 0.6) is 0 Å². The molecule has 138 valence electrons. The molecule has 2 aromatic heterocycles. The highest BCUT2D eigenvalue weighted by molar-refractivity contribution is 5.95. The topological polar surface area (TPSA) is 67.8 Å². The van der Waals surface area contributed by atoms with Gasteiger partial charge in [0, 0.05) is 35.9 Å². The minimum absolute atomic E-state index is 0.0665. The van der Waals surface area contributed by atoms with Crippen molar-refractivity contribution in [3.63, 3.8) is 0 Å². The maximum atomic E-state index is 12.9. The number of amides is 1. The predicted octanol–water partition coefficient (Wildman–Crippen LogP) is 4.45. The molecule has 0 bridgehead atoms. The lowest BCUT2D eigenvalue weighted by molar-refractivity contribution is 0.0926. The van der Waals surface area contributed by atoms with Crippen molar-refractivity contribution >= 4 is 5.91 Å². The third-order valence-corrected chi connectivity index (χ3v) is 4.23. The van der Waals surface area contributed by atoms with Gasteiger partial charge in [0.05, 0.1) is 6.04 Å². The summed E-state index contributed by atoms with van der Waals surface area (Å²) in [7, 11) is 0. The molecule has 5 heteroatoms. The van der Waals surface area contributed by atoms with E-state index in [2.05, 4.69) is 41.0 Å². The Morgan fingerprint density at radius 2 is 1.78 bits per heavy atom. The fourth-order valence-electron chi connectivity index (χ4n) is 2.98. The lowest BCUT2D eigenvalue weighted by atomic mass is 9.85. The lowest BCUT2D eigenvalue weighted by Gasteiger charge is -2.27. The molecule has 5 nitrogen and oxygen atoms in total. The zero-order chi connectivity index (χ0) is 19.3. The van der Waals surface area contributed by atoms with Gasteiger partial charge >= 0.3 is 0 Å². The summed E-state index contributed by atoms with van der Waals surface area (Å²) in [5, 5.41) is 3.17. The Bertz CT molecular complexity index is 889. The molecule has 27 heavy (non-hydrogen) atoms. The van der Waals surface area contributed by atoms with E-state index in [-0.39, 0.29) is 17.4 Å². The summed E-state index contributed by atoms with van der Waals surface area (Å²) in [6.07, 6.45) is 9.34. The summed E-state index contributed by atoms with van der Waals surface area (Å²) in [5.74, 6) is -0.105. The van der Waals surface area contributed by atoms with Crippen LogP contribution in [0.4, 0.5) is 0 Å². The van der Waals surface area contributed by atoms with Crippen molar-refractivity contribution in [1.82, 2.24) is 20.3 Å². The van der Waals surface area contributed by atoms with Crippen LogP contribution in [0.15, 0.2) is 67.5 Å². The van der Waals surface area contributed by atoms with E-state index in [0.29, 0.717) is 5.56 Å². The van der Waals surface area contributed by atoms with Crippen LogP contribution in [0.3, 0.4) is 0 Å². The summed E-state index contributed by atoms with van der Waals surface area (Å²) in [6, 6.07) is 11.3. The maximum absolute atomic E-state index is 12.9. The number of aromatic nitrogens is 3. The SMILES string of the molecule is CC(C)(C)C[C@@H](NC(=O)c1cccc(-c2cncnc2)c1)c1cccnc1. The summed E-state index contributed by atoms with van der Waals surface area (Å²) < 4.78 is 0. The molecule has 0 radical (unpaired) electrons. The first-order valence-electron chi connectivity index (χ1n) is 8.99. The lowest BCUT2D eigenvalue weighted by Crippen LogP contribution is -2.31. The van der Waals surface area contributed by atoms with Gasteiger partial charge in [0.1, 0.15) is 6.33 Å². The average Bonchev–Trinajstić information content (AvgIpc) is 2.68. The number of hydrogen-bond acceptors (Lipinski definition) is 4. The van der Waals surface area contributed by atoms with Gasteiger partial charge in [-0.3, -0.25) is 9.78 Å². The van der Waals surface area contributed by atoms with Gasteiger partial charge < -0.3 is 5.32 Å². The van der Waals surface area contributed by atoms with Crippen molar-refractivity contribution < 1.29 is 4.79 Å². The molecule has 0 unspecified atom stereocenters. The van der Waals surface area contributed by atoms with Crippen LogP contribution in [0, 0.1) is 5.41 Å². The van der Waals surface area contributed by atoms with Crippen molar-refractivity contribution in [3.05, 3.63) is 78.6 Å². The molecule has 0 spiro atoms. The second-order valence-electron chi connectivity index (χ2n) is 7.79. The predicted molar refractivity (Wildman–Crippen MR) is 106 cm³/mol. The molecule has 1 aromatic carbocycles. The Labute approximate surface area is 159 Å². The summed E-state index contributed by atoms with van der Waals surface area (Å²) in [4.78, 5) is 25.2. The molecule has 0 saturated heterocycles. The van der Waals surface area contributed by atoms with Gasteiger partial charge in [-0.05, 0) is 41.2 Å². The average molecular weight is 360 g/mol. The van der Waals surface area contributed by atoms with E-state index in [1.54, 1.807) is 18.6 Å². The highest BCUT2D eigenvalue weighted by Crippen LogP contribution is 2.29. The van der Waals surface area contributed by atoms with E-state index >= 15 is 0 Å². The van der Waals surface area contributed by atoms with Gasteiger partial charge in [0.2, 0.25) is 0 Å². The zero-order valence-electron chi connectivity index (χ0n) is 15.9. The number of rotatable bonds is 5. The first kappa shape index (κ1) is 18.7. The Morgan fingerprint density at radius 3 is 2.44 bits per heavy atom. The summed E-state index contributed by atoms with van der Waals surface area (Å²) in [5.41, 5.74) is 3.48. The van der Waals surface area contributed by atoms with Gasteiger partial charge in [-0.1, -0.05) is 39.0 Å². The smallest absolute Gasteiger partial charge is 0.251 e. The molecular weight excluding hydrogens is 336 g/mol. The zero-order valence-corrected chi connectivity index (χ0v) is 15.9. The Hall–Kier alpha value is -3.08. The number of nitrogens with one attached hydrogen (secondary N) is 1. The molecule has 3 aromatic rings. The summed E-state index contributed by atoms with van der Waals surface area (Å²) in [6.45, 7) is 6.50. The van der Waals surface area contributed by atoms with Crippen LogP contribution in [-0.4, -0.2) is 20.9 Å². The summed E-state index contributed by atoms with van der Waals surface area (Å²) >= 11 is 0. The van der Waals surface area contributed by atoms with Gasteiger partial charge in [-0.2, -0.15) is 0 Å². The molecule has 0 aliphatic carbocycles. The molecule has 0 saturated carbocycles. The maximum Gasteiger partial charge on any atom is 0.251 e. The molecule has 0 aliphatic rings. The van der Waals surface area contributed by atoms with E-state index in [0.717, 1.165) is 23.1 Å². The second-order valence-corrected chi connectivity index (χ2v) is 7.79. The molecule has 1 atom stereocenters. The normalized spacial score (nSPS) is 12.4. The molecule has 2 heterocycles. The highest BCUT2D eigenvalue weighted by Gasteiger charge is 2.22. The van der Waals surface area contributed by atoms with E-state index in [4.69, 9.17) is 0 Å². The van der Waals surface area contributed by atoms with E-state index in [9.17, 15) is 4.79 Å². The Kier molecular flexibility index (Phi) is 5.60. The fraction of sp³-hybridized carbons (Fsp3) is 0.273. The molecule has 3 rings (SSSR count).